The SMILES string of the molecule is COCCn1ccnc1-c1nc(N)sc1CC(=O)O. The second kappa shape index (κ2) is 5.81. The Morgan fingerprint density at radius 3 is 3.11 bits per heavy atom. The molecule has 0 aromatic carbocycles. The third-order valence-corrected chi connectivity index (χ3v) is 3.37. The number of thiazole rings is 1. The summed E-state index contributed by atoms with van der Waals surface area (Å²) in [6.07, 6.45) is 3.33. The first-order valence-electron chi connectivity index (χ1n) is 5.59. The Balaban J connectivity index is 2.35. The van der Waals surface area contributed by atoms with Crippen LogP contribution in [0.4, 0.5) is 5.13 Å². The Labute approximate surface area is 113 Å². The first kappa shape index (κ1) is 13.5. The summed E-state index contributed by atoms with van der Waals surface area (Å²) in [5.41, 5.74) is 6.20. The van der Waals surface area contributed by atoms with E-state index in [4.69, 9.17) is 15.6 Å². The fourth-order valence-corrected chi connectivity index (χ4v) is 2.52. The Morgan fingerprint density at radius 1 is 1.63 bits per heavy atom. The molecule has 0 radical (unpaired) electrons. The molecule has 0 bridgehead atoms. The average Bonchev–Trinajstić information content (AvgIpc) is 2.92. The van der Waals surface area contributed by atoms with Crippen LogP contribution in [0.2, 0.25) is 0 Å². The largest absolute Gasteiger partial charge is 0.481 e. The molecule has 2 rings (SSSR count). The molecule has 0 spiro atoms. The standard InChI is InChI=1S/C11H14N4O3S/c1-18-5-4-15-3-2-13-10(15)9-7(6-8(16)17)19-11(12)14-9/h2-3H,4-6H2,1H3,(H2,12,14)(H,16,17). The minimum absolute atomic E-state index is 0.110. The van der Waals surface area contributed by atoms with Crippen molar-refractivity contribution in [3.05, 3.63) is 17.3 Å². The van der Waals surface area contributed by atoms with Crippen molar-refractivity contribution in [3.8, 4) is 11.5 Å². The monoisotopic (exact) mass is 282 g/mol. The van der Waals surface area contributed by atoms with Crippen molar-refractivity contribution in [2.75, 3.05) is 19.5 Å². The lowest BCUT2D eigenvalue weighted by Crippen LogP contribution is -2.07. The van der Waals surface area contributed by atoms with Crippen molar-refractivity contribution in [1.82, 2.24) is 14.5 Å². The average molecular weight is 282 g/mol. The molecule has 2 heterocycles. The first-order chi connectivity index (χ1) is 9.11. The Bertz CT molecular complexity index is 578. The molecule has 0 aliphatic carbocycles. The van der Waals surface area contributed by atoms with Crippen LogP contribution in [0.15, 0.2) is 12.4 Å². The van der Waals surface area contributed by atoms with Crippen LogP contribution in [0.1, 0.15) is 4.88 Å². The van der Waals surface area contributed by atoms with Crippen molar-refractivity contribution in [2.45, 2.75) is 13.0 Å². The molecule has 2 aromatic heterocycles. The topological polar surface area (TPSA) is 103 Å². The molecule has 0 aliphatic rings. The molecule has 3 N–H and O–H groups in total. The van der Waals surface area contributed by atoms with Crippen LogP contribution >= 0.6 is 11.3 Å². The number of aliphatic carboxylic acids is 1. The molecule has 0 aliphatic heterocycles. The molecule has 8 heteroatoms. The number of rotatable bonds is 6. The molecule has 102 valence electrons. The number of carboxylic acids is 1. The lowest BCUT2D eigenvalue weighted by atomic mass is 10.2. The molecule has 0 saturated heterocycles. The first-order valence-corrected chi connectivity index (χ1v) is 6.41. The number of carboxylic acid groups (broad SMARTS) is 1. The number of anilines is 1. The molecule has 7 nitrogen and oxygen atoms in total. The third kappa shape index (κ3) is 3.09. The fraction of sp³-hybridized carbons (Fsp3) is 0.364. The molecule has 0 unspecified atom stereocenters. The number of methoxy groups -OCH3 is 1. The molecule has 0 saturated carbocycles. The van der Waals surface area contributed by atoms with Gasteiger partial charge < -0.3 is 20.1 Å². The summed E-state index contributed by atoms with van der Waals surface area (Å²) in [5, 5.41) is 9.24. The lowest BCUT2D eigenvalue weighted by Gasteiger charge is -2.06. The van der Waals surface area contributed by atoms with Crippen LogP contribution < -0.4 is 5.73 Å². The van der Waals surface area contributed by atoms with Crippen LogP contribution in [-0.2, 0) is 22.5 Å². The maximum atomic E-state index is 10.8. The highest BCUT2D eigenvalue weighted by Gasteiger charge is 2.18. The van der Waals surface area contributed by atoms with Crippen LogP contribution in [0.5, 0.6) is 0 Å². The zero-order valence-electron chi connectivity index (χ0n) is 10.4. The van der Waals surface area contributed by atoms with Gasteiger partial charge in [0.2, 0.25) is 0 Å². The second-order valence-electron chi connectivity index (χ2n) is 3.83. The van der Waals surface area contributed by atoms with E-state index in [1.807, 2.05) is 4.57 Å². The fourth-order valence-electron chi connectivity index (χ4n) is 1.70. The molecular formula is C11H14N4O3S. The predicted molar refractivity (Wildman–Crippen MR) is 71.0 cm³/mol. The number of aromatic nitrogens is 3. The minimum atomic E-state index is -0.917. The van der Waals surface area contributed by atoms with Gasteiger partial charge in [0.1, 0.15) is 5.69 Å². The van der Waals surface area contributed by atoms with E-state index in [-0.39, 0.29) is 6.42 Å². The van der Waals surface area contributed by atoms with Gasteiger partial charge in [-0.05, 0) is 0 Å². The zero-order chi connectivity index (χ0) is 13.8. The van der Waals surface area contributed by atoms with E-state index in [0.717, 1.165) is 0 Å². The van der Waals surface area contributed by atoms with E-state index in [9.17, 15) is 4.79 Å². The summed E-state index contributed by atoms with van der Waals surface area (Å²) in [7, 11) is 1.62. The van der Waals surface area contributed by atoms with E-state index in [1.54, 1.807) is 19.5 Å². The molecular weight excluding hydrogens is 268 g/mol. The van der Waals surface area contributed by atoms with Gasteiger partial charge in [-0.2, -0.15) is 0 Å². The molecule has 0 amide bonds. The van der Waals surface area contributed by atoms with Gasteiger partial charge in [0, 0.05) is 30.9 Å². The van der Waals surface area contributed by atoms with Crippen molar-refractivity contribution in [2.24, 2.45) is 0 Å². The number of hydrogen-bond donors (Lipinski definition) is 2. The lowest BCUT2D eigenvalue weighted by molar-refractivity contribution is -0.136. The van der Waals surface area contributed by atoms with Crippen LogP contribution in [0.3, 0.4) is 0 Å². The van der Waals surface area contributed by atoms with Crippen molar-refractivity contribution >= 4 is 22.4 Å². The van der Waals surface area contributed by atoms with Crippen LogP contribution in [0, 0.1) is 0 Å². The third-order valence-electron chi connectivity index (χ3n) is 2.49. The summed E-state index contributed by atoms with van der Waals surface area (Å²) >= 11 is 1.17. The van der Waals surface area contributed by atoms with Gasteiger partial charge in [-0.1, -0.05) is 0 Å². The number of hydrogen-bond acceptors (Lipinski definition) is 6. The van der Waals surface area contributed by atoms with Crippen LogP contribution in [-0.4, -0.2) is 39.3 Å². The maximum absolute atomic E-state index is 10.8. The van der Waals surface area contributed by atoms with E-state index in [0.29, 0.717) is 34.7 Å². The van der Waals surface area contributed by atoms with Gasteiger partial charge in [0.05, 0.1) is 13.0 Å². The number of nitrogen functional groups attached to an aromatic ring is 1. The van der Waals surface area contributed by atoms with E-state index < -0.39 is 5.97 Å². The van der Waals surface area contributed by atoms with E-state index in [2.05, 4.69) is 9.97 Å². The predicted octanol–water partition coefficient (Wildman–Crippen LogP) is 0.862. The number of imidazole rings is 1. The molecule has 19 heavy (non-hydrogen) atoms. The highest BCUT2D eigenvalue weighted by Crippen LogP contribution is 2.29. The summed E-state index contributed by atoms with van der Waals surface area (Å²) in [4.78, 5) is 19.9. The smallest absolute Gasteiger partial charge is 0.308 e. The quantitative estimate of drug-likeness (QED) is 0.814. The maximum Gasteiger partial charge on any atom is 0.308 e. The molecule has 0 atom stereocenters. The van der Waals surface area contributed by atoms with Gasteiger partial charge in [0.15, 0.2) is 11.0 Å². The van der Waals surface area contributed by atoms with Crippen molar-refractivity contribution in [1.29, 1.82) is 0 Å². The van der Waals surface area contributed by atoms with Crippen LogP contribution in [0.25, 0.3) is 11.5 Å². The van der Waals surface area contributed by atoms with E-state index in [1.165, 1.54) is 11.3 Å². The number of ether oxygens (including phenoxy) is 1. The summed E-state index contributed by atoms with van der Waals surface area (Å²) in [5.74, 6) is -0.304. The molecule has 0 fully saturated rings. The van der Waals surface area contributed by atoms with Gasteiger partial charge in [-0.3, -0.25) is 4.79 Å². The zero-order valence-corrected chi connectivity index (χ0v) is 11.2. The van der Waals surface area contributed by atoms with Gasteiger partial charge in [-0.25, -0.2) is 9.97 Å². The second-order valence-corrected chi connectivity index (χ2v) is 4.95. The van der Waals surface area contributed by atoms with Crippen molar-refractivity contribution < 1.29 is 14.6 Å². The van der Waals surface area contributed by atoms with E-state index >= 15 is 0 Å². The minimum Gasteiger partial charge on any atom is -0.481 e. The normalized spacial score (nSPS) is 10.8. The van der Waals surface area contributed by atoms with Gasteiger partial charge in [-0.15, -0.1) is 11.3 Å². The highest BCUT2D eigenvalue weighted by molar-refractivity contribution is 7.15. The number of nitrogens with two attached hydrogens (primary N) is 1. The van der Waals surface area contributed by atoms with Crippen molar-refractivity contribution in [3.63, 3.8) is 0 Å². The Morgan fingerprint density at radius 2 is 2.42 bits per heavy atom. The Hall–Kier alpha value is -1.93. The summed E-state index contributed by atoms with van der Waals surface area (Å²) in [6.45, 7) is 1.16. The number of carbonyl (C=O) groups is 1. The number of nitrogens with zero attached hydrogens (tertiary/aromatic N) is 3. The summed E-state index contributed by atoms with van der Waals surface area (Å²) < 4.78 is 6.89. The highest BCUT2D eigenvalue weighted by atomic mass is 32.1. The Kier molecular flexibility index (Phi) is 4.13. The van der Waals surface area contributed by atoms with Gasteiger partial charge >= 0.3 is 5.97 Å². The molecule has 2 aromatic rings. The van der Waals surface area contributed by atoms with Gasteiger partial charge in [0.25, 0.3) is 0 Å². The summed E-state index contributed by atoms with van der Waals surface area (Å²) in [6, 6.07) is 0.